The van der Waals surface area contributed by atoms with Crippen LogP contribution in [-0.4, -0.2) is 19.9 Å². The van der Waals surface area contributed by atoms with Crippen LogP contribution in [0.2, 0.25) is 0 Å². The highest BCUT2D eigenvalue weighted by Crippen LogP contribution is 2.29. The van der Waals surface area contributed by atoms with Gasteiger partial charge in [0, 0.05) is 29.2 Å². The van der Waals surface area contributed by atoms with Crippen LogP contribution in [0.1, 0.15) is 18.3 Å². The maximum Gasteiger partial charge on any atom is 0.433 e. The predicted molar refractivity (Wildman–Crippen MR) is 115 cm³/mol. The third-order valence-corrected chi connectivity index (χ3v) is 4.90. The van der Waals surface area contributed by atoms with E-state index < -0.39 is 17.4 Å². The Hall–Kier alpha value is -5.28. The summed E-state index contributed by atoms with van der Waals surface area (Å²) in [5.41, 5.74) is -0.579. The highest BCUT2D eigenvalue weighted by molar-refractivity contribution is 5.71. The van der Waals surface area contributed by atoms with E-state index in [1.807, 2.05) is 6.07 Å². The molecule has 0 unspecified atom stereocenters. The molecule has 4 aromatic heterocycles. The molecule has 0 bridgehead atoms. The summed E-state index contributed by atoms with van der Waals surface area (Å²) in [5.74, 6) is 0. The van der Waals surface area contributed by atoms with Gasteiger partial charge in [-0.2, -0.15) is 29.0 Å². The van der Waals surface area contributed by atoms with Crippen LogP contribution >= 0.6 is 0 Å². The molecule has 0 aliphatic heterocycles. The zero-order valence-corrected chi connectivity index (χ0v) is 18.5. The summed E-state index contributed by atoms with van der Waals surface area (Å²) in [6.07, 6.45) is -2.21. The summed E-state index contributed by atoms with van der Waals surface area (Å²) in [7, 11) is 0. The summed E-state index contributed by atoms with van der Waals surface area (Å²) in [6.45, 7) is 3.27. The van der Waals surface area contributed by atoms with Gasteiger partial charge in [0.1, 0.15) is 35.3 Å². The predicted octanol–water partition coefficient (Wildman–Crippen LogP) is 3.29. The first kappa shape index (κ1) is 23.9. The first-order valence-electron chi connectivity index (χ1n) is 10.1. The first-order valence-corrected chi connectivity index (χ1v) is 10.1. The van der Waals surface area contributed by atoms with Crippen molar-refractivity contribution in [2.45, 2.75) is 20.0 Å². The van der Waals surface area contributed by atoms with Crippen LogP contribution < -0.4 is 11.1 Å². The third-order valence-electron chi connectivity index (χ3n) is 4.90. The van der Waals surface area contributed by atoms with Gasteiger partial charge in [0.05, 0.1) is 5.57 Å². The minimum Gasteiger partial charge on any atom is -0.432 e. The van der Waals surface area contributed by atoms with Crippen LogP contribution in [0.15, 0.2) is 45.5 Å². The van der Waals surface area contributed by atoms with Gasteiger partial charge in [-0.1, -0.05) is 0 Å². The number of halogens is 3. The van der Waals surface area contributed by atoms with Gasteiger partial charge in [0.15, 0.2) is 5.57 Å². The molecule has 0 amide bonds. The largest absolute Gasteiger partial charge is 0.433 e. The lowest BCUT2D eigenvalue weighted by Crippen LogP contribution is -2.07. The van der Waals surface area contributed by atoms with Crippen molar-refractivity contribution in [1.29, 1.82) is 15.8 Å². The minimum atomic E-state index is -4.66. The SMILES string of the molecule is C/C(C#N)=c1/nc(-c2ccc(C)nc2)/c(=c2\oc(=C(C#N)C#N)nc2-c2ccc(C(F)(F)F)nc2)o1. The number of rotatable bonds is 2. The average molecular weight is 487 g/mol. The number of alkyl halides is 3. The number of oxazole rings is 2. The smallest absolute Gasteiger partial charge is 0.432 e. The summed E-state index contributed by atoms with van der Waals surface area (Å²) >= 11 is 0. The second kappa shape index (κ2) is 9.16. The second-order valence-corrected chi connectivity index (χ2v) is 7.35. The maximum atomic E-state index is 13.0. The van der Waals surface area contributed by atoms with E-state index in [4.69, 9.17) is 8.83 Å². The van der Waals surface area contributed by atoms with Crippen molar-refractivity contribution < 1.29 is 22.0 Å². The van der Waals surface area contributed by atoms with E-state index in [1.165, 1.54) is 13.1 Å². The molecule has 0 N–H and O–H groups in total. The van der Waals surface area contributed by atoms with Crippen molar-refractivity contribution in [1.82, 2.24) is 19.9 Å². The van der Waals surface area contributed by atoms with Crippen molar-refractivity contribution in [2.24, 2.45) is 0 Å². The van der Waals surface area contributed by atoms with E-state index in [2.05, 4.69) is 19.9 Å². The Bertz CT molecular complexity index is 1800. The molecule has 0 aliphatic carbocycles. The molecule has 0 spiro atoms. The number of hydrogen-bond acceptors (Lipinski definition) is 9. The highest BCUT2D eigenvalue weighted by atomic mass is 19.4. The van der Waals surface area contributed by atoms with Crippen LogP contribution in [0.4, 0.5) is 13.2 Å². The van der Waals surface area contributed by atoms with E-state index in [-0.39, 0.29) is 44.4 Å². The lowest BCUT2D eigenvalue weighted by atomic mass is 10.1. The normalized spacial score (nSPS) is 12.8. The number of pyridine rings is 2. The van der Waals surface area contributed by atoms with E-state index in [0.29, 0.717) is 5.56 Å². The number of aryl methyl sites for hydroxylation is 1. The molecule has 0 saturated heterocycles. The number of nitrogens with zero attached hydrogens (tertiary/aromatic N) is 7. The number of hydrogen-bond donors (Lipinski definition) is 0. The topological polar surface area (TPSA) is 149 Å². The van der Waals surface area contributed by atoms with Crippen molar-refractivity contribution in [2.75, 3.05) is 0 Å². The van der Waals surface area contributed by atoms with Gasteiger partial charge in [-0.3, -0.25) is 9.97 Å². The third kappa shape index (κ3) is 4.41. The first-order chi connectivity index (χ1) is 17.2. The Kier molecular flexibility index (Phi) is 6.07. The van der Waals surface area contributed by atoms with Gasteiger partial charge in [0.2, 0.25) is 21.9 Å². The zero-order chi connectivity index (χ0) is 26.0. The molecule has 4 heterocycles. The van der Waals surface area contributed by atoms with E-state index >= 15 is 0 Å². The van der Waals surface area contributed by atoms with Crippen LogP contribution in [0, 0.1) is 51.7 Å². The van der Waals surface area contributed by atoms with E-state index in [0.717, 1.165) is 24.0 Å². The molecule has 0 aliphatic rings. The van der Waals surface area contributed by atoms with Crippen molar-refractivity contribution in [3.63, 3.8) is 0 Å². The molecular formula is C24H12F3N7O2. The summed E-state index contributed by atoms with van der Waals surface area (Å²) in [6, 6.07) is 10.6. The van der Waals surface area contributed by atoms with Crippen LogP contribution in [0.3, 0.4) is 0 Å². The fourth-order valence-electron chi connectivity index (χ4n) is 3.08. The molecule has 176 valence electrons. The van der Waals surface area contributed by atoms with Crippen molar-refractivity contribution in [3.8, 4) is 40.7 Å². The zero-order valence-electron chi connectivity index (χ0n) is 18.5. The van der Waals surface area contributed by atoms with Gasteiger partial charge in [-0.05, 0) is 38.1 Å². The summed E-state index contributed by atoms with van der Waals surface area (Å²) < 4.78 is 50.6. The molecule has 0 radical (unpaired) electrons. The Labute approximate surface area is 200 Å². The molecule has 12 heteroatoms. The molecule has 0 atom stereocenters. The second-order valence-electron chi connectivity index (χ2n) is 7.35. The monoisotopic (exact) mass is 487 g/mol. The highest BCUT2D eigenvalue weighted by Gasteiger charge is 2.32. The van der Waals surface area contributed by atoms with Gasteiger partial charge in [0.25, 0.3) is 0 Å². The molecule has 4 rings (SSSR count). The Balaban J connectivity index is 2.20. The van der Waals surface area contributed by atoms with Gasteiger partial charge in [-0.15, -0.1) is 0 Å². The minimum absolute atomic E-state index is 0.0332. The molecular weight excluding hydrogens is 475 g/mol. The Morgan fingerprint density at radius 2 is 1.36 bits per heavy atom. The van der Waals surface area contributed by atoms with Gasteiger partial charge in [-0.25, -0.2) is 9.97 Å². The van der Waals surface area contributed by atoms with Crippen LogP contribution in [-0.2, 0) is 6.18 Å². The standard InChI is InChI=1S/C24H12F3N7O2/c1-12(7-28)22-33-18(14-4-3-13(2)31-10-14)20(35-22)21-19(34-23(36-21)16(8-29)9-30)15-5-6-17(32-11-15)24(25,26)27/h3-6,10-11H,1-2H3/b21-20+,22-12+. The Morgan fingerprint density at radius 1 is 0.806 bits per heavy atom. The fraction of sp³-hybridized carbons (Fsp3) is 0.125. The number of aromatic nitrogens is 4. The maximum absolute atomic E-state index is 13.0. The summed E-state index contributed by atoms with van der Waals surface area (Å²) in [5, 5.41) is 27.9. The van der Waals surface area contributed by atoms with Gasteiger partial charge < -0.3 is 8.83 Å². The van der Waals surface area contributed by atoms with Crippen LogP contribution in [0.5, 0.6) is 0 Å². The molecule has 36 heavy (non-hydrogen) atoms. The Morgan fingerprint density at radius 3 is 1.83 bits per heavy atom. The van der Waals surface area contributed by atoms with E-state index in [9.17, 15) is 29.0 Å². The average Bonchev–Trinajstić information content (AvgIpc) is 3.49. The van der Waals surface area contributed by atoms with Gasteiger partial charge >= 0.3 is 6.18 Å². The molecule has 0 saturated carbocycles. The lowest BCUT2D eigenvalue weighted by Gasteiger charge is -2.05. The van der Waals surface area contributed by atoms with Crippen LogP contribution in [0.25, 0.3) is 33.7 Å². The molecule has 0 fully saturated rings. The lowest BCUT2D eigenvalue weighted by molar-refractivity contribution is -0.141. The number of nitriles is 3. The van der Waals surface area contributed by atoms with Crippen molar-refractivity contribution in [3.05, 3.63) is 70.0 Å². The fourth-order valence-corrected chi connectivity index (χ4v) is 3.08. The summed E-state index contributed by atoms with van der Waals surface area (Å²) in [4.78, 5) is 16.2. The molecule has 9 nitrogen and oxygen atoms in total. The molecule has 0 aromatic carbocycles. The molecule has 4 aromatic rings. The quantitative estimate of drug-likeness (QED) is 0.415. The van der Waals surface area contributed by atoms with Crippen molar-refractivity contribution >= 4 is 11.1 Å². The van der Waals surface area contributed by atoms with E-state index in [1.54, 1.807) is 31.2 Å².